The minimum absolute atomic E-state index is 0. The Bertz CT molecular complexity index is 118. The third-order valence-corrected chi connectivity index (χ3v) is 0.787. The van der Waals surface area contributed by atoms with Crippen LogP contribution >= 0.6 is 0 Å². The van der Waals surface area contributed by atoms with Crippen LogP contribution in [0.2, 0.25) is 0 Å². The number of sulfonamides is 1. The Morgan fingerprint density at radius 2 is 1.71 bits per heavy atom. The predicted molar refractivity (Wildman–Crippen MR) is 23.3 cm³/mol. The third kappa shape index (κ3) is 10.9. The zero-order valence-electron chi connectivity index (χ0n) is 4.01. The number of hydrogen-bond acceptors (Lipinski definition) is 2. The maximum absolute atomic E-state index is 9.83. The molecule has 0 bridgehead atoms. The van der Waals surface area contributed by atoms with Crippen molar-refractivity contribution >= 4 is 10.0 Å². The third-order valence-electron chi connectivity index (χ3n) is 0.262. The van der Waals surface area contributed by atoms with Gasteiger partial charge in [-0.25, -0.2) is 8.42 Å². The Balaban J connectivity index is 0. The van der Waals surface area contributed by atoms with Crippen molar-refractivity contribution in [3.8, 4) is 0 Å². The second-order valence-electron chi connectivity index (χ2n) is 0.917. The van der Waals surface area contributed by atoms with Gasteiger partial charge < -0.3 is 4.72 Å². The Hall–Kier alpha value is 1.01. The molecule has 0 aromatic rings. The van der Waals surface area contributed by atoms with Gasteiger partial charge in [0.1, 0.15) is 0 Å². The summed E-state index contributed by atoms with van der Waals surface area (Å²) in [7, 11) is -0.104. The number of nitrogens with one attached hydrogen (secondary N) is 1. The van der Waals surface area contributed by atoms with E-state index in [1.807, 2.05) is 4.72 Å². The van der Waals surface area contributed by atoms with Crippen LogP contribution in [0.4, 0.5) is 0 Å². The van der Waals surface area contributed by atoms with Crippen LogP contribution in [0.25, 0.3) is 0 Å². The molecule has 0 heterocycles. The molecule has 0 aliphatic heterocycles. The van der Waals surface area contributed by atoms with Gasteiger partial charge in [0.05, 0.1) is 6.26 Å². The van der Waals surface area contributed by atoms with Crippen LogP contribution in [-0.4, -0.2) is 14.7 Å². The Morgan fingerprint density at radius 3 is 1.71 bits per heavy atom. The quantitative estimate of drug-likeness (QED) is 0.566. The first-order valence-corrected chi connectivity index (χ1v) is 3.19. The van der Waals surface area contributed by atoms with Crippen molar-refractivity contribution in [3.05, 3.63) is 7.05 Å². The molecule has 41 valence electrons. The minimum Gasteiger partial charge on any atom is -0.368 e. The molecule has 0 aromatic heterocycles. The van der Waals surface area contributed by atoms with Crippen molar-refractivity contribution in [1.82, 2.24) is 4.72 Å². The average molecular weight is 197 g/mol. The summed E-state index contributed by atoms with van der Waals surface area (Å²) in [5, 5.41) is 0. The van der Waals surface area contributed by atoms with Crippen LogP contribution < -0.4 is 4.72 Å². The molecule has 0 saturated carbocycles. The Kier molecular flexibility index (Phi) is 6.15. The van der Waals surface area contributed by atoms with Gasteiger partial charge in [0.15, 0.2) is 10.0 Å². The fourth-order valence-corrected chi connectivity index (χ4v) is 0. The first-order chi connectivity index (χ1) is 2.56. The van der Waals surface area contributed by atoms with Gasteiger partial charge in [-0.1, -0.05) is 0 Å². The van der Waals surface area contributed by atoms with Crippen molar-refractivity contribution in [1.29, 1.82) is 0 Å². The summed E-state index contributed by atoms with van der Waals surface area (Å²) >= 11 is 0. The van der Waals surface area contributed by atoms with Crippen LogP contribution in [-0.2, 0) is 42.7 Å². The molecule has 0 rings (SSSR count). The van der Waals surface area contributed by atoms with Gasteiger partial charge in [-0.2, -0.15) is 0 Å². The van der Waals surface area contributed by atoms with Crippen LogP contribution in [0.3, 0.4) is 0 Å². The smallest absolute Gasteiger partial charge is 0.181 e. The predicted octanol–water partition coefficient (Wildman–Crippen LogP) is -0.675. The summed E-state index contributed by atoms with van der Waals surface area (Å²) in [5.41, 5.74) is 0. The Labute approximate surface area is 68.8 Å². The van der Waals surface area contributed by atoms with Gasteiger partial charge in [0.25, 0.3) is 0 Å². The molecule has 1 radical (unpaired) electrons. The van der Waals surface area contributed by atoms with Gasteiger partial charge in [-0.3, -0.25) is 7.05 Å². The molecule has 0 aliphatic rings. The fraction of sp³-hybridized carbons (Fsp3) is 0.500. The summed E-state index contributed by atoms with van der Waals surface area (Å²) in [6.45, 7) is 0. The summed E-state index contributed by atoms with van der Waals surface area (Å²) in [4.78, 5) is 0. The van der Waals surface area contributed by atoms with E-state index in [1.54, 1.807) is 0 Å². The van der Waals surface area contributed by atoms with E-state index in [0.717, 1.165) is 6.26 Å². The zero-order chi connectivity index (χ0) is 5.21. The number of hydrogen-bond donors (Lipinski definition) is 1. The molecular weight excluding hydrogens is 191 g/mol. The molecule has 0 unspecified atom stereocenters. The summed E-state index contributed by atoms with van der Waals surface area (Å²) in [6, 6.07) is 0. The summed E-state index contributed by atoms with van der Waals surface area (Å²) < 4.78 is 21.5. The number of rotatable bonds is 1. The molecule has 0 aromatic carbocycles. The van der Waals surface area contributed by atoms with Gasteiger partial charge in [0.2, 0.25) is 0 Å². The van der Waals surface area contributed by atoms with E-state index < -0.39 is 10.0 Å². The Morgan fingerprint density at radius 1 is 1.57 bits per heavy atom. The topological polar surface area (TPSA) is 46.2 Å². The van der Waals surface area contributed by atoms with Crippen LogP contribution in [0.15, 0.2) is 0 Å². The molecule has 5 heteroatoms. The molecule has 1 N–H and O–H groups in total. The second kappa shape index (κ2) is 3.95. The van der Waals surface area contributed by atoms with Crippen molar-refractivity contribution < 1.29 is 41.1 Å². The van der Waals surface area contributed by atoms with Crippen molar-refractivity contribution in [2.24, 2.45) is 0 Å². The van der Waals surface area contributed by atoms with Crippen LogP contribution in [0, 0.1) is 7.05 Å². The molecule has 0 saturated heterocycles. The van der Waals surface area contributed by atoms with E-state index in [1.165, 1.54) is 0 Å². The maximum atomic E-state index is 9.83. The van der Waals surface area contributed by atoms with Gasteiger partial charge >= 0.3 is 0 Å². The average Bonchev–Trinajstić information content (AvgIpc) is 1.35. The fourth-order valence-electron chi connectivity index (χ4n) is 0. The minimum atomic E-state index is -3.02. The molecule has 0 amide bonds. The summed E-state index contributed by atoms with van der Waals surface area (Å²) in [5.74, 6) is 0. The largest absolute Gasteiger partial charge is 0.368 e. The standard InChI is InChI=1S/C2H6NO2S.Y/c1-3-6(2,4)5;/h3H,1H2,2H3;/q-1;. The van der Waals surface area contributed by atoms with E-state index in [2.05, 4.69) is 7.05 Å². The van der Waals surface area contributed by atoms with E-state index >= 15 is 0 Å². The van der Waals surface area contributed by atoms with Crippen molar-refractivity contribution in [2.45, 2.75) is 0 Å². The van der Waals surface area contributed by atoms with Crippen LogP contribution in [0.5, 0.6) is 0 Å². The van der Waals surface area contributed by atoms with Crippen molar-refractivity contribution in [3.63, 3.8) is 0 Å². The van der Waals surface area contributed by atoms with Gasteiger partial charge in [0, 0.05) is 32.7 Å². The zero-order valence-corrected chi connectivity index (χ0v) is 7.66. The van der Waals surface area contributed by atoms with Gasteiger partial charge in [-0.15, -0.1) is 0 Å². The first-order valence-electron chi connectivity index (χ1n) is 1.30. The summed E-state index contributed by atoms with van der Waals surface area (Å²) in [6.07, 6.45) is 1.04. The molecular formula is C2H6NO2SY-. The molecule has 0 spiro atoms. The second-order valence-corrected chi connectivity index (χ2v) is 2.75. The molecule has 0 fully saturated rings. The normalized spacial score (nSPS) is 10.0. The molecule has 7 heavy (non-hydrogen) atoms. The van der Waals surface area contributed by atoms with Crippen molar-refractivity contribution in [2.75, 3.05) is 6.26 Å². The van der Waals surface area contributed by atoms with E-state index in [0.29, 0.717) is 0 Å². The van der Waals surface area contributed by atoms with E-state index in [9.17, 15) is 8.42 Å². The molecule has 0 aliphatic carbocycles. The van der Waals surface area contributed by atoms with E-state index in [-0.39, 0.29) is 32.7 Å². The molecule has 3 nitrogen and oxygen atoms in total. The van der Waals surface area contributed by atoms with E-state index in [4.69, 9.17) is 0 Å². The van der Waals surface area contributed by atoms with Gasteiger partial charge in [-0.05, 0) is 0 Å². The first kappa shape index (κ1) is 10.9. The SMILES string of the molecule is [CH2-]NS(C)(=O)=O.[Y]. The maximum Gasteiger partial charge on any atom is 0.181 e. The van der Waals surface area contributed by atoms with Crippen LogP contribution in [0.1, 0.15) is 0 Å². The molecule has 0 atom stereocenters. The monoisotopic (exact) mass is 197 g/mol.